The van der Waals surface area contributed by atoms with Gasteiger partial charge in [-0.15, -0.1) is 0 Å². The van der Waals surface area contributed by atoms with Gasteiger partial charge in [-0.25, -0.2) is 0 Å². The fraction of sp³-hybridized carbons (Fsp3) is 1.00. The summed E-state index contributed by atoms with van der Waals surface area (Å²) in [5.41, 5.74) is 0. The zero-order valence-corrected chi connectivity index (χ0v) is 9.47. The average Bonchev–Trinajstić information content (AvgIpc) is 0.503. The first-order valence-corrected chi connectivity index (χ1v) is 17.5. The van der Waals surface area contributed by atoms with Crippen molar-refractivity contribution in [2.45, 2.75) is 21.6 Å². The fourth-order valence-corrected chi connectivity index (χ4v) is 0. The van der Waals surface area contributed by atoms with E-state index >= 15 is 0 Å². The SMILES string of the molecule is N.[CH3][Re]([CH3])([CH3])([CH3])(=[O])(=[O])(=[O])[OH]. The Bertz CT molecular complexity index is 425. The molecule has 0 aromatic heterocycles. The Labute approximate surface area is 53.4 Å². The van der Waals surface area contributed by atoms with Crippen LogP contribution >= 0.6 is 0 Å². The first-order chi connectivity index (χ1) is 2.83. The first kappa shape index (κ1) is 12.6. The van der Waals surface area contributed by atoms with Gasteiger partial charge in [0.25, 0.3) is 0 Å². The second kappa shape index (κ2) is 0.731. The number of rotatable bonds is 0. The monoisotopic (exact) mass is 329 g/mol. The van der Waals surface area contributed by atoms with Crippen LogP contribution in [0.2, 0.25) is 21.6 Å². The van der Waals surface area contributed by atoms with Crippen molar-refractivity contribution in [3.63, 3.8) is 0 Å². The van der Waals surface area contributed by atoms with E-state index < -0.39 is 10.9 Å². The van der Waals surface area contributed by atoms with Gasteiger partial charge in [-0.3, -0.25) is 0 Å². The van der Waals surface area contributed by atoms with Crippen molar-refractivity contribution in [1.29, 1.82) is 0 Å². The summed E-state index contributed by atoms with van der Waals surface area (Å²) in [6, 6.07) is 0. The van der Waals surface area contributed by atoms with E-state index in [1.807, 2.05) is 0 Å². The molecular weight excluding hydrogens is 312 g/mol. The molecule has 0 aliphatic heterocycles. The molecule has 10 heavy (non-hydrogen) atoms. The molecule has 0 rings (SSSR count). The summed E-state index contributed by atoms with van der Waals surface area (Å²) >= 11 is 0. The van der Waals surface area contributed by atoms with Crippen molar-refractivity contribution in [2.24, 2.45) is 0 Å². The molecule has 0 aliphatic rings. The van der Waals surface area contributed by atoms with Crippen LogP contribution < -0.4 is 6.15 Å². The van der Waals surface area contributed by atoms with Crippen LogP contribution in [0.1, 0.15) is 0 Å². The Morgan fingerprint density at radius 2 is 0.900 bits per heavy atom. The summed E-state index contributed by atoms with van der Waals surface area (Å²) in [5.74, 6) is 0. The van der Waals surface area contributed by atoms with Crippen molar-refractivity contribution in [3.8, 4) is 0 Å². The van der Waals surface area contributed by atoms with E-state index in [-0.39, 0.29) is 6.15 Å². The van der Waals surface area contributed by atoms with Gasteiger partial charge in [-0.1, -0.05) is 0 Å². The van der Waals surface area contributed by atoms with E-state index in [2.05, 4.69) is 0 Å². The molecule has 0 bridgehead atoms. The molecule has 0 fully saturated rings. The predicted octanol–water partition coefficient (Wildman–Crippen LogP) is 1.58. The molecule has 0 aromatic carbocycles. The van der Waals surface area contributed by atoms with E-state index in [4.69, 9.17) is 3.83 Å². The van der Waals surface area contributed by atoms with E-state index in [1.165, 1.54) is 0 Å². The summed E-state index contributed by atoms with van der Waals surface area (Å²) in [6.07, 6.45) is 0. The van der Waals surface area contributed by atoms with Crippen molar-refractivity contribution in [1.82, 2.24) is 6.15 Å². The van der Waals surface area contributed by atoms with Gasteiger partial charge in [0.05, 0.1) is 0 Å². The Morgan fingerprint density at radius 3 is 0.900 bits per heavy atom. The third-order valence-corrected chi connectivity index (χ3v) is 0. The minimum absolute atomic E-state index is 0. The summed E-state index contributed by atoms with van der Waals surface area (Å²) < 4.78 is 42.0. The molecule has 0 atom stereocenters. The Balaban J connectivity index is 0. The van der Waals surface area contributed by atoms with Crippen LogP contribution in [-0.4, -0.2) is 3.83 Å². The molecule has 0 spiro atoms. The van der Waals surface area contributed by atoms with Gasteiger partial charge < -0.3 is 6.15 Å². The van der Waals surface area contributed by atoms with Crippen LogP contribution in [0.15, 0.2) is 0 Å². The average molecular weight is 328 g/mol. The van der Waals surface area contributed by atoms with Crippen molar-refractivity contribution in [3.05, 3.63) is 0 Å². The Kier molecular flexibility index (Phi) is 0.924. The van der Waals surface area contributed by atoms with Gasteiger partial charge in [0.15, 0.2) is 0 Å². The summed E-state index contributed by atoms with van der Waals surface area (Å²) in [7, 11) is -8.08. The van der Waals surface area contributed by atoms with Crippen molar-refractivity contribution in [2.75, 3.05) is 0 Å². The second-order valence-electron chi connectivity index (χ2n) is 5.19. The molecule has 0 heterocycles. The molecule has 6 heteroatoms. The molecule has 0 aliphatic carbocycles. The van der Waals surface area contributed by atoms with E-state index in [9.17, 15) is 10.4 Å². The molecule has 0 aromatic rings. The predicted molar refractivity (Wildman–Crippen MR) is 32.8 cm³/mol. The van der Waals surface area contributed by atoms with Crippen LogP contribution in [-0.2, 0) is 21.3 Å². The molecule has 0 unspecified atom stereocenters. The van der Waals surface area contributed by atoms with Crippen LogP contribution in [0.5, 0.6) is 0 Å². The Morgan fingerprint density at radius 1 is 0.900 bits per heavy atom. The van der Waals surface area contributed by atoms with Gasteiger partial charge in [0, 0.05) is 0 Å². The topological polar surface area (TPSA) is 106 Å². The van der Waals surface area contributed by atoms with E-state index in [0.717, 1.165) is 0 Å². The maximum atomic E-state index is 11.0. The standard InChI is InChI=1S/4CH3.H3N.H2O.3O.Re/h5*1H3;1H2;;;;/q;;;;;;;;;+1/p-1. The Hall–Kier alpha value is -0.0177. The van der Waals surface area contributed by atoms with E-state index in [1.54, 1.807) is 0 Å². The number of hydrogen-bond donors (Lipinski definition) is 2. The molecule has 0 amide bonds. The maximum absolute atomic E-state index is 11.0. The van der Waals surface area contributed by atoms with Crippen LogP contribution in [0, 0.1) is 0 Å². The van der Waals surface area contributed by atoms with Crippen LogP contribution in [0.25, 0.3) is 0 Å². The van der Waals surface area contributed by atoms with Crippen LogP contribution in [0.4, 0.5) is 0 Å². The zero-order chi connectivity index (χ0) is 8.35. The summed E-state index contributed by atoms with van der Waals surface area (Å²) in [6.45, 7) is 0. The molecular formula is C4H16NO4Re. The molecule has 4 N–H and O–H groups in total. The second-order valence-corrected chi connectivity index (χ2v) is 42.5. The third-order valence-electron chi connectivity index (χ3n) is 0. The van der Waals surface area contributed by atoms with Crippen molar-refractivity contribution >= 4 is 0 Å². The van der Waals surface area contributed by atoms with Crippen LogP contribution in [0.3, 0.4) is 0 Å². The quantitative estimate of drug-likeness (QED) is 0.702. The third kappa shape index (κ3) is 1250000. The number of hydrogen-bond acceptors (Lipinski definition) is 4. The molecule has 68 valence electrons. The van der Waals surface area contributed by atoms with Gasteiger partial charge in [0.1, 0.15) is 0 Å². The van der Waals surface area contributed by atoms with Crippen molar-refractivity contribution < 1.29 is 25.1 Å². The first-order valence-electron chi connectivity index (χ1n) is 2.14. The zero-order valence-electron chi connectivity index (χ0n) is 6.76. The normalized spacial score (nSPS) is 27.7. The molecule has 0 saturated carbocycles. The van der Waals surface area contributed by atoms with Gasteiger partial charge in [-0.05, 0) is 0 Å². The fourth-order valence-electron chi connectivity index (χ4n) is 0. The van der Waals surface area contributed by atoms with Gasteiger partial charge in [-0.2, -0.15) is 0 Å². The summed E-state index contributed by atoms with van der Waals surface area (Å²) in [5, 5.41) is 1.33. The minimum atomic E-state index is -8.08. The van der Waals surface area contributed by atoms with Gasteiger partial charge >= 0.3 is 46.7 Å². The molecule has 5 nitrogen and oxygen atoms in total. The van der Waals surface area contributed by atoms with E-state index in [0.29, 0.717) is 21.6 Å². The molecule has 0 radical (unpaired) electrons. The summed E-state index contributed by atoms with van der Waals surface area (Å²) in [4.78, 5) is 0. The molecule has 0 saturated heterocycles. The van der Waals surface area contributed by atoms with Gasteiger partial charge in [0.2, 0.25) is 0 Å².